The van der Waals surface area contributed by atoms with Crippen LogP contribution in [0.2, 0.25) is 0 Å². The Kier molecular flexibility index (Phi) is 2.64. The van der Waals surface area contributed by atoms with Crippen LogP contribution in [-0.2, 0) is 0 Å². The first-order valence-electron chi connectivity index (χ1n) is 4.39. The number of benzene rings is 1. The number of fused-ring (bicyclic) bond motifs is 1. The van der Waals surface area contributed by atoms with Crippen molar-refractivity contribution in [2.24, 2.45) is 0 Å². The molecule has 0 amide bonds. The van der Waals surface area contributed by atoms with Crippen LogP contribution in [-0.4, -0.2) is 10.9 Å². The lowest BCUT2D eigenvalue weighted by Crippen LogP contribution is -1.93. The predicted molar refractivity (Wildman–Crippen MR) is 58.4 cm³/mol. The first-order valence-corrected chi connectivity index (χ1v) is 5.38. The molecule has 0 saturated carbocycles. The van der Waals surface area contributed by atoms with Gasteiger partial charge in [0.25, 0.3) is 0 Å². The van der Waals surface area contributed by atoms with Crippen LogP contribution in [0.15, 0.2) is 28.8 Å². The van der Waals surface area contributed by atoms with E-state index >= 15 is 0 Å². The molecule has 1 aromatic rings. The maximum absolute atomic E-state index is 10.4. The number of allylic oxidation sites excluding steroid dienone is 1. The number of ether oxygens (including phenoxy) is 1. The zero-order valence-corrected chi connectivity index (χ0v) is 8.91. The van der Waals surface area contributed by atoms with E-state index in [2.05, 4.69) is 0 Å². The van der Waals surface area contributed by atoms with Crippen molar-refractivity contribution in [3.05, 3.63) is 39.6 Å². The molecule has 0 fully saturated rings. The summed E-state index contributed by atoms with van der Waals surface area (Å²) in [7, 11) is 0. The van der Waals surface area contributed by atoms with E-state index in [1.54, 1.807) is 11.8 Å². The Morgan fingerprint density at radius 1 is 1.67 bits per heavy atom. The van der Waals surface area contributed by atoms with Crippen molar-refractivity contribution in [2.75, 3.05) is 5.94 Å². The maximum Gasteiger partial charge on any atom is 0.243 e. The van der Waals surface area contributed by atoms with E-state index in [0.717, 1.165) is 16.2 Å². The SMILES string of the molecule is CC(=Cc1ccc2c(c1)OCS2)[N+](=O)[O-]. The molecule has 0 aromatic heterocycles. The summed E-state index contributed by atoms with van der Waals surface area (Å²) in [4.78, 5) is 11.1. The molecule has 5 heteroatoms. The molecule has 0 saturated heterocycles. The largest absolute Gasteiger partial charge is 0.481 e. The van der Waals surface area contributed by atoms with Crippen molar-refractivity contribution in [3.8, 4) is 5.75 Å². The summed E-state index contributed by atoms with van der Waals surface area (Å²) < 4.78 is 5.34. The Labute approximate surface area is 91.1 Å². The van der Waals surface area contributed by atoms with Crippen LogP contribution in [0.3, 0.4) is 0 Å². The molecular weight excluding hydrogens is 214 g/mol. The normalized spacial score (nSPS) is 14.6. The first kappa shape index (κ1) is 10.0. The molecule has 0 bridgehead atoms. The van der Waals surface area contributed by atoms with E-state index in [0.29, 0.717) is 5.94 Å². The van der Waals surface area contributed by atoms with E-state index in [1.165, 1.54) is 13.0 Å². The van der Waals surface area contributed by atoms with Crippen LogP contribution in [0, 0.1) is 10.1 Å². The van der Waals surface area contributed by atoms with Crippen molar-refractivity contribution in [3.63, 3.8) is 0 Å². The Balaban J connectivity index is 2.31. The van der Waals surface area contributed by atoms with Crippen molar-refractivity contribution in [2.45, 2.75) is 11.8 Å². The Morgan fingerprint density at radius 2 is 2.47 bits per heavy atom. The molecule has 0 atom stereocenters. The molecule has 0 N–H and O–H groups in total. The molecule has 0 aliphatic carbocycles. The summed E-state index contributed by atoms with van der Waals surface area (Å²) in [6.07, 6.45) is 1.53. The minimum atomic E-state index is -0.400. The summed E-state index contributed by atoms with van der Waals surface area (Å²) in [5.74, 6) is 1.43. The number of rotatable bonds is 2. The summed E-state index contributed by atoms with van der Waals surface area (Å²) >= 11 is 1.62. The van der Waals surface area contributed by atoms with Gasteiger partial charge in [-0.1, -0.05) is 17.8 Å². The zero-order valence-electron chi connectivity index (χ0n) is 8.10. The van der Waals surface area contributed by atoms with Gasteiger partial charge in [0.15, 0.2) is 0 Å². The average molecular weight is 223 g/mol. The monoisotopic (exact) mass is 223 g/mol. The van der Waals surface area contributed by atoms with E-state index in [9.17, 15) is 10.1 Å². The Hall–Kier alpha value is -1.49. The van der Waals surface area contributed by atoms with Gasteiger partial charge in [-0.2, -0.15) is 0 Å². The average Bonchev–Trinajstić information content (AvgIpc) is 2.64. The van der Waals surface area contributed by atoms with Crippen LogP contribution in [0.1, 0.15) is 12.5 Å². The van der Waals surface area contributed by atoms with Crippen molar-refractivity contribution in [1.29, 1.82) is 0 Å². The molecule has 1 aliphatic heterocycles. The maximum atomic E-state index is 10.4. The summed E-state index contributed by atoms with van der Waals surface area (Å²) in [6, 6.07) is 5.60. The van der Waals surface area contributed by atoms with Crippen LogP contribution in [0.5, 0.6) is 5.75 Å². The smallest absolute Gasteiger partial charge is 0.243 e. The second-order valence-corrected chi connectivity index (χ2v) is 4.12. The molecule has 15 heavy (non-hydrogen) atoms. The topological polar surface area (TPSA) is 52.4 Å². The molecule has 1 heterocycles. The van der Waals surface area contributed by atoms with Gasteiger partial charge in [-0.05, 0) is 17.7 Å². The third kappa shape index (κ3) is 2.12. The molecule has 4 nitrogen and oxygen atoms in total. The lowest BCUT2D eigenvalue weighted by molar-refractivity contribution is -0.422. The molecule has 78 valence electrons. The fourth-order valence-corrected chi connectivity index (χ4v) is 2.03. The molecule has 0 radical (unpaired) electrons. The van der Waals surface area contributed by atoms with Crippen molar-refractivity contribution >= 4 is 17.8 Å². The number of nitrogens with zero attached hydrogens (tertiary/aromatic N) is 1. The standard InChI is InChI=1S/C10H9NO3S/c1-7(11(12)13)4-8-2-3-10-9(5-8)14-6-15-10/h2-5H,6H2,1H3. The summed E-state index contributed by atoms with van der Waals surface area (Å²) in [5, 5.41) is 10.4. The van der Waals surface area contributed by atoms with Gasteiger partial charge in [-0.15, -0.1) is 0 Å². The number of nitro groups is 1. The van der Waals surface area contributed by atoms with E-state index in [1.807, 2.05) is 18.2 Å². The van der Waals surface area contributed by atoms with E-state index in [-0.39, 0.29) is 5.70 Å². The predicted octanol–water partition coefficient (Wildman–Crippen LogP) is 2.77. The first-order chi connectivity index (χ1) is 7.16. The van der Waals surface area contributed by atoms with Gasteiger partial charge in [0, 0.05) is 13.0 Å². The third-order valence-corrected chi connectivity index (χ3v) is 2.94. The molecule has 0 spiro atoms. The minimum Gasteiger partial charge on any atom is -0.481 e. The highest BCUT2D eigenvalue weighted by atomic mass is 32.2. The van der Waals surface area contributed by atoms with Crippen LogP contribution in [0.25, 0.3) is 6.08 Å². The highest BCUT2D eigenvalue weighted by Gasteiger charge is 2.12. The fourth-order valence-electron chi connectivity index (χ4n) is 1.30. The molecule has 0 unspecified atom stereocenters. The number of hydrogen-bond acceptors (Lipinski definition) is 4. The van der Waals surface area contributed by atoms with Crippen LogP contribution in [0.4, 0.5) is 0 Å². The third-order valence-electron chi connectivity index (χ3n) is 2.06. The molecular formula is C10H9NO3S. The van der Waals surface area contributed by atoms with Gasteiger partial charge in [-0.25, -0.2) is 0 Å². The Bertz CT molecular complexity index is 442. The number of hydrogen-bond donors (Lipinski definition) is 0. The van der Waals surface area contributed by atoms with Gasteiger partial charge in [0.05, 0.1) is 9.82 Å². The van der Waals surface area contributed by atoms with Crippen molar-refractivity contribution in [1.82, 2.24) is 0 Å². The lowest BCUT2D eigenvalue weighted by atomic mass is 10.2. The molecule has 2 rings (SSSR count). The summed E-state index contributed by atoms with van der Waals surface area (Å²) in [5.41, 5.74) is 0.922. The molecule has 1 aromatic carbocycles. The Morgan fingerprint density at radius 3 is 3.20 bits per heavy atom. The fraction of sp³-hybridized carbons (Fsp3) is 0.200. The van der Waals surface area contributed by atoms with Gasteiger partial charge < -0.3 is 4.74 Å². The second-order valence-electron chi connectivity index (χ2n) is 3.16. The highest BCUT2D eigenvalue weighted by Crippen LogP contribution is 2.36. The highest BCUT2D eigenvalue weighted by molar-refractivity contribution is 7.99. The van der Waals surface area contributed by atoms with E-state index < -0.39 is 4.92 Å². The van der Waals surface area contributed by atoms with Gasteiger partial charge in [-0.3, -0.25) is 10.1 Å². The quantitative estimate of drug-likeness (QED) is 0.571. The van der Waals surface area contributed by atoms with Gasteiger partial charge >= 0.3 is 0 Å². The summed E-state index contributed by atoms with van der Waals surface area (Å²) in [6.45, 7) is 1.48. The van der Waals surface area contributed by atoms with E-state index in [4.69, 9.17) is 4.74 Å². The van der Waals surface area contributed by atoms with Crippen LogP contribution < -0.4 is 4.74 Å². The lowest BCUT2D eigenvalue weighted by Gasteiger charge is -1.98. The van der Waals surface area contributed by atoms with Crippen molar-refractivity contribution < 1.29 is 9.66 Å². The van der Waals surface area contributed by atoms with Crippen LogP contribution >= 0.6 is 11.8 Å². The zero-order chi connectivity index (χ0) is 10.8. The number of thioether (sulfide) groups is 1. The van der Waals surface area contributed by atoms with Gasteiger partial charge in [0.1, 0.15) is 11.7 Å². The molecule has 1 aliphatic rings. The minimum absolute atomic E-state index is 0.126. The second kappa shape index (κ2) is 3.94. The van der Waals surface area contributed by atoms with Gasteiger partial charge in [0.2, 0.25) is 5.70 Å².